The van der Waals surface area contributed by atoms with Gasteiger partial charge in [0.05, 0.1) is 10.8 Å². The third-order valence-electron chi connectivity index (χ3n) is 4.19. The lowest BCUT2D eigenvalue weighted by Crippen LogP contribution is -2.34. The molecule has 0 aliphatic heterocycles. The molecule has 0 fully saturated rings. The Labute approximate surface area is 170 Å². The number of hydrogen-bond acceptors (Lipinski definition) is 4. The number of hydrogen-bond donors (Lipinski definition) is 1. The summed E-state index contributed by atoms with van der Waals surface area (Å²) in [5, 5.41) is 0. The van der Waals surface area contributed by atoms with E-state index in [0.717, 1.165) is 16.7 Å². The second kappa shape index (κ2) is 8.78. The first-order valence-corrected chi connectivity index (χ1v) is 11.0. The summed E-state index contributed by atoms with van der Waals surface area (Å²) in [4.78, 5) is 12.8. The van der Waals surface area contributed by atoms with Gasteiger partial charge in [0.1, 0.15) is 5.60 Å². The maximum absolute atomic E-state index is 12.7. The van der Waals surface area contributed by atoms with Crippen molar-refractivity contribution >= 4 is 16.0 Å². The van der Waals surface area contributed by atoms with E-state index in [1.165, 1.54) is 0 Å². The van der Waals surface area contributed by atoms with Crippen molar-refractivity contribution in [3.05, 3.63) is 41.0 Å². The van der Waals surface area contributed by atoms with Crippen LogP contribution >= 0.6 is 0 Å². The number of carbonyl (C=O) groups excluding carboxylic acids is 1. The van der Waals surface area contributed by atoms with Gasteiger partial charge in [-0.3, -0.25) is 4.79 Å². The smallest absolute Gasteiger partial charge is 0.313 e. The minimum Gasteiger partial charge on any atom is -0.460 e. The normalized spacial score (nSPS) is 14.3. The predicted molar refractivity (Wildman–Crippen MR) is 114 cm³/mol. The second-order valence-electron chi connectivity index (χ2n) is 9.39. The van der Waals surface area contributed by atoms with Crippen LogP contribution in [0.5, 0.6) is 0 Å². The summed E-state index contributed by atoms with van der Waals surface area (Å²) in [5.41, 5.74) is 1.54. The van der Waals surface area contributed by atoms with E-state index in [2.05, 4.69) is 4.72 Å². The third-order valence-corrected chi connectivity index (χ3v) is 5.91. The van der Waals surface area contributed by atoms with Crippen molar-refractivity contribution in [2.45, 2.75) is 72.8 Å². The van der Waals surface area contributed by atoms with Gasteiger partial charge in [-0.2, -0.15) is 0 Å². The van der Waals surface area contributed by atoms with Crippen LogP contribution in [0.15, 0.2) is 29.2 Å². The fourth-order valence-corrected chi connectivity index (χ4v) is 4.54. The number of nitrogens with one attached hydrogen (secondary N) is 1. The standard InChI is InChI=1S/C22H35NO4S/c1-15-13-16(2)19(17(3)14-15)28(25,26)23-12-10-11-18(21(4,5)6)20(24)27-22(7,8)9/h10-11,13-14,18,23H,12H2,1-9H3/b11-10+/t18-/m1/s1. The van der Waals surface area contributed by atoms with E-state index in [1.807, 2.05) is 60.6 Å². The van der Waals surface area contributed by atoms with Gasteiger partial charge in [-0.15, -0.1) is 0 Å². The summed E-state index contributed by atoms with van der Waals surface area (Å²) >= 11 is 0. The van der Waals surface area contributed by atoms with Crippen LogP contribution in [0.3, 0.4) is 0 Å². The minimum atomic E-state index is -3.64. The van der Waals surface area contributed by atoms with Crippen molar-refractivity contribution < 1.29 is 17.9 Å². The highest BCUT2D eigenvalue weighted by Crippen LogP contribution is 2.29. The summed E-state index contributed by atoms with van der Waals surface area (Å²) in [7, 11) is -3.64. The Morgan fingerprint density at radius 2 is 1.57 bits per heavy atom. The summed E-state index contributed by atoms with van der Waals surface area (Å²) in [5.74, 6) is -0.789. The van der Waals surface area contributed by atoms with Crippen LogP contribution in [0.2, 0.25) is 0 Å². The molecule has 0 unspecified atom stereocenters. The van der Waals surface area contributed by atoms with Crippen LogP contribution in [0.25, 0.3) is 0 Å². The van der Waals surface area contributed by atoms with Crippen LogP contribution in [-0.4, -0.2) is 26.5 Å². The van der Waals surface area contributed by atoms with Gasteiger partial charge in [-0.25, -0.2) is 13.1 Å². The van der Waals surface area contributed by atoms with Gasteiger partial charge in [-0.1, -0.05) is 50.6 Å². The van der Waals surface area contributed by atoms with E-state index in [1.54, 1.807) is 26.0 Å². The fourth-order valence-electron chi connectivity index (χ4n) is 3.11. The molecule has 1 atom stereocenters. The molecule has 0 radical (unpaired) electrons. The highest BCUT2D eigenvalue weighted by molar-refractivity contribution is 7.89. The zero-order chi connectivity index (χ0) is 21.9. The van der Waals surface area contributed by atoms with Crippen molar-refractivity contribution in [3.63, 3.8) is 0 Å². The van der Waals surface area contributed by atoms with Crippen LogP contribution in [0.1, 0.15) is 58.2 Å². The monoisotopic (exact) mass is 409 g/mol. The Morgan fingerprint density at radius 1 is 1.07 bits per heavy atom. The van der Waals surface area contributed by atoms with Crippen LogP contribution in [0.4, 0.5) is 0 Å². The van der Waals surface area contributed by atoms with Crippen molar-refractivity contribution in [1.82, 2.24) is 4.72 Å². The lowest BCUT2D eigenvalue weighted by molar-refractivity contribution is -0.161. The summed E-state index contributed by atoms with van der Waals surface area (Å²) in [6.07, 6.45) is 3.40. The van der Waals surface area contributed by atoms with E-state index in [-0.39, 0.29) is 17.9 Å². The molecule has 1 aromatic carbocycles. The Balaban J connectivity index is 2.94. The average Bonchev–Trinajstić information content (AvgIpc) is 2.41. The van der Waals surface area contributed by atoms with E-state index < -0.39 is 21.5 Å². The molecule has 0 aliphatic rings. The molecule has 1 aromatic rings. The highest BCUT2D eigenvalue weighted by Gasteiger charge is 2.32. The number of ether oxygens (including phenoxy) is 1. The molecule has 0 saturated carbocycles. The number of esters is 1. The minimum absolute atomic E-state index is 0.102. The average molecular weight is 410 g/mol. The van der Waals surface area contributed by atoms with Gasteiger partial charge >= 0.3 is 5.97 Å². The third kappa shape index (κ3) is 7.06. The quantitative estimate of drug-likeness (QED) is 0.556. The molecular formula is C22H35NO4S. The molecule has 0 amide bonds. The van der Waals surface area contributed by atoms with E-state index in [4.69, 9.17) is 4.74 Å². The van der Waals surface area contributed by atoms with Crippen molar-refractivity contribution in [3.8, 4) is 0 Å². The van der Waals surface area contributed by atoms with Gasteiger partial charge < -0.3 is 4.74 Å². The maximum atomic E-state index is 12.7. The molecule has 0 saturated heterocycles. The molecular weight excluding hydrogens is 374 g/mol. The SMILES string of the molecule is Cc1cc(C)c(S(=O)(=O)NC/C=C/[C@H](C(=O)OC(C)(C)C)C(C)(C)C)c(C)c1. The molecule has 0 aromatic heterocycles. The topological polar surface area (TPSA) is 72.5 Å². The number of benzene rings is 1. The van der Waals surface area contributed by atoms with Crippen molar-refractivity contribution in [1.29, 1.82) is 0 Å². The lowest BCUT2D eigenvalue weighted by Gasteiger charge is -2.30. The molecule has 0 spiro atoms. The predicted octanol–water partition coefficient (Wildman–Crippen LogP) is 4.45. The first-order chi connectivity index (χ1) is 12.5. The molecule has 158 valence electrons. The molecule has 0 bridgehead atoms. The van der Waals surface area contributed by atoms with Crippen molar-refractivity contribution in [2.75, 3.05) is 6.54 Å². The van der Waals surface area contributed by atoms with Crippen LogP contribution < -0.4 is 4.72 Å². The Morgan fingerprint density at radius 3 is 2.00 bits per heavy atom. The van der Waals surface area contributed by atoms with Gasteiger partial charge in [-0.05, 0) is 58.1 Å². The number of aryl methyl sites for hydroxylation is 3. The summed E-state index contributed by atoms with van der Waals surface area (Å²) in [6, 6.07) is 3.71. The van der Waals surface area contributed by atoms with Crippen LogP contribution in [0, 0.1) is 32.1 Å². The molecule has 0 heterocycles. The van der Waals surface area contributed by atoms with E-state index in [0.29, 0.717) is 4.90 Å². The first-order valence-electron chi connectivity index (χ1n) is 9.51. The van der Waals surface area contributed by atoms with Gasteiger partial charge in [0, 0.05) is 6.54 Å². The second-order valence-corrected chi connectivity index (χ2v) is 11.1. The van der Waals surface area contributed by atoms with E-state index >= 15 is 0 Å². The zero-order valence-electron chi connectivity index (χ0n) is 18.6. The maximum Gasteiger partial charge on any atom is 0.313 e. The van der Waals surface area contributed by atoms with Gasteiger partial charge in [0.15, 0.2) is 0 Å². The first kappa shape index (κ1) is 24.4. The fraction of sp³-hybridized carbons (Fsp3) is 0.591. The Hall–Kier alpha value is -1.66. The summed E-state index contributed by atoms with van der Waals surface area (Å²) < 4.78 is 33.5. The summed E-state index contributed by atoms with van der Waals surface area (Å²) in [6.45, 7) is 17.0. The lowest BCUT2D eigenvalue weighted by atomic mass is 9.80. The molecule has 1 N–H and O–H groups in total. The largest absolute Gasteiger partial charge is 0.460 e. The molecule has 5 nitrogen and oxygen atoms in total. The van der Waals surface area contributed by atoms with Gasteiger partial charge in [0.2, 0.25) is 10.0 Å². The Kier molecular flexibility index (Phi) is 7.65. The zero-order valence-corrected chi connectivity index (χ0v) is 19.5. The number of rotatable bonds is 6. The highest BCUT2D eigenvalue weighted by atomic mass is 32.2. The molecule has 28 heavy (non-hydrogen) atoms. The van der Waals surface area contributed by atoms with Crippen LogP contribution in [-0.2, 0) is 19.6 Å². The Bertz CT molecular complexity index is 817. The molecule has 0 aliphatic carbocycles. The van der Waals surface area contributed by atoms with Gasteiger partial charge in [0.25, 0.3) is 0 Å². The van der Waals surface area contributed by atoms with E-state index in [9.17, 15) is 13.2 Å². The molecule has 1 rings (SSSR count). The molecule has 6 heteroatoms. The number of sulfonamides is 1. The number of carbonyl (C=O) groups is 1. The van der Waals surface area contributed by atoms with Crippen molar-refractivity contribution in [2.24, 2.45) is 11.3 Å².